The summed E-state index contributed by atoms with van der Waals surface area (Å²) in [7, 11) is 1.75. The molecule has 3 aromatic rings. The quantitative estimate of drug-likeness (QED) is 0.165. The molecule has 1 unspecified atom stereocenters. The number of hydrogen-bond acceptors (Lipinski definition) is 9. The summed E-state index contributed by atoms with van der Waals surface area (Å²) in [6.45, 7) is 4.72. The Bertz CT molecular complexity index is 2540. The Morgan fingerprint density at radius 2 is 1.74 bits per heavy atom. The van der Waals surface area contributed by atoms with Gasteiger partial charge < -0.3 is 29.7 Å². The summed E-state index contributed by atoms with van der Waals surface area (Å²) in [5, 5.41) is 19.9. The minimum absolute atomic E-state index is 0.0816. The molecule has 1 aromatic heterocycles. The van der Waals surface area contributed by atoms with E-state index in [0.717, 1.165) is 67.3 Å². The minimum Gasteiger partial charge on any atom is -0.492 e. The Labute approximate surface area is 376 Å². The second kappa shape index (κ2) is 16.7. The minimum atomic E-state index is -2.72. The third-order valence-corrected chi connectivity index (χ3v) is 15.2. The van der Waals surface area contributed by atoms with Crippen LogP contribution in [0, 0.1) is 11.3 Å². The van der Waals surface area contributed by atoms with Crippen LogP contribution >= 0.6 is 0 Å². The Kier molecular flexibility index (Phi) is 11.0. The zero-order chi connectivity index (χ0) is 45.3. The van der Waals surface area contributed by atoms with E-state index in [1.54, 1.807) is 33.9 Å². The largest absolute Gasteiger partial charge is 0.492 e. The molecule has 2 aromatic carbocycles. The van der Waals surface area contributed by atoms with Crippen molar-refractivity contribution in [2.24, 2.45) is 13.0 Å². The predicted octanol–water partition coefficient (Wildman–Crippen LogP) is 5.12. The Morgan fingerprint density at radius 3 is 2.45 bits per heavy atom. The topological polar surface area (TPSA) is 173 Å². The molecule has 6 aliphatic heterocycles. The average Bonchev–Trinajstić information content (AvgIpc) is 4.00. The second-order valence-electron chi connectivity index (χ2n) is 19.0. The predicted molar refractivity (Wildman–Crippen MR) is 235 cm³/mol. The van der Waals surface area contributed by atoms with E-state index in [1.165, 1.54) is 13.0 Å². The summed E-state index contributed by atoms with van der Waals surface area (Å²) in [6.07, 6.45) is 7.55. The Hall–Kier alpha value is -6.13. The number of carbonyl (C=O) groups excluding carboxylic acids is 5. The van der Waals surface area contributed by atoms with Gasteiger partial charge in [-0.15, -0.1) is 0 Å². The average molecular weight is 892 g/mol. The molecular weight excluding hydrogens is 837 g/mol. The molecular formula is C48H55F2N9O6. The third kappa shape index (κ3) is 7.63. The van der Waals surface area contributed by atoms with Gasteiger partial charge in [-0.05, 0) is 87.1 Å². The van der Waals surface area contributed by atoms with Crippen molar-refractivity contribution in [3.8, 4) is 16.9 Å². The normalized spacial score (nSPS) is 24.0. The lowest BCUT2D eigenvalue weighted by Gasteiger charge is -2.41. The van der Waals surface area contributed by atoms with Crippen LogP contribution in [0.1, 0.15) is 110 Å². The molecule has 1 atom stereocenters. The van der Waals surface area contributed by atoms with Crippen molar-refractivity contribution in [2.45, 2.75) is 108 Å². The molecule has 17 heteroatoms. The number of alkyl halides is 2. The van der Waals surface area contributed by atoms with E-state index in [9.17, 15) is 38.2 Å². The maximum atomic E-state index is 14.6. The van der Waals surface area contributed by atoms with Crippen LogP contribution in [0.4, 0.5) is 14.5 Å². The zero-order valence-corrected chi connectivity index (χ0v) is 36.9. The summed E-state index contributed by atoms with van der Waals surface area (Å²) >= 11 is 0. The molecule has 3 N–H and O–H groups in total. The molecule has 7 aliphatic rings. The monoisotopic (exact) mass is 891 g/mol. The van der Waals surface area contributed by atoms with E-state index in [-0.39, 0.29) is 71.9 Å². The van der Waals surface area contributed by atoms with Gasteiger partial charge in [-0.25, -0.2) is 8.78 Å². The van der Waals surface area contributed by atoms with Gasteiger partial charge in [0.05, 0.1) is 25.9 Å². The molecule has 3 fully saturated rings. The number of piperidine rings is 2. The van der Waals surface area contributed by atoms with Gasteiger partial charge in [-0.2, -0.15) is 5.10 Å². The fourth-order valence-corrected chi connectivity index (χ4v) is 11.5. The van der Waals surface area contributed by atoms with Gasteiger partial charge in [-0.1, -0.05) is 6.07 Å². The van der Waals surface area contributed by atoms with Gasteiger partial charge in [0.15, 0.2) is 0 Å². The van der Waals surface area contributed by atoms with Crippen LogP contribution in [0.25, 0.3) is 11.1 Å². The fourth-order valence-electron chi connectivity index (χ4n) is 11.5. The van der Waals surface area contributed by atoms with Crippen molar-refractivity contribution >= 4 is 41.1 Å². The third-order valence-electron chi connectivity index (χ3n) is 15.2. The van der Waals surface area contributed by atoms with Crippen LogP contribution < -0.4 is 20.3 Å². The van der Waals surface area contributed by atoms with Crippen LogP contribution in [0.3, 0.4) is 0 Å². The van der Waals surface area contributed by atoms with E-state index in [2.05, 4.69) is 15.7 Å². The van der Waals surface area contributed by atoms with Crippen molar-refractivity contribution in [2.75, 3.05) is 44.2 Å². The number of imide groups is 1. The highest BCUT2D eigenvalue weighted by Gasteiger charge is 2.48. The Morgan fingerprint density at radius 1 is 0.954 bits per heavy atom. The summed E-state index contributed by atoms with van der Waals surface area (Å²) in [5.74, 6) is -0.0759. The van der Waals surface area contributed by atoms with Crippen LogP contribution in [0.2, 0.25) is 0 Å². The molecule has 2 saturated heterocycles. The number of likely N-dealkylation sites (tertiary alicyclic amines) is 1. The van der Waals surface area contributed by atoms with E-state index < -0.39 is 18.4 Å². The number of aryl methyl sites for hydroxylation is 2. The molecule has 1 aliphatic carbocycles. The van der Waals surface area contributed by atoms with Gasteiger partial charge in [0.25, 0.3) is 12.3 Å². The van der Waals surface area contributed by atoms with Crippen molar-refractivity contribution in [1.29, 1.82) is 5.41 Å². The van der Waals surface area contributed by atoms with Gasteiger partial charge in [-0.3, -0.25) is 39.4 Å². The number of nitrogens with zero attached hydrogens (tertiary/aromatic N) is 6. The summed E-state index contributed by atoms with van der Waals surface area (Å²) in [4.78, 5) is 71.6. The van der Waals surface area contributed by atoms with E-state index in [1.807, 2.05) is 28.0 Å². The first-order valence-electron chi connectivity index (χ1n) is 23.1. The first-order valence-corrected chi connectivity index (χ1v) is 23.1. The number of fused-ring (bicyclic) bond motifs is 5. The van der Waals surface area contributed by atoms with Gasteiger partial charge >= 0.3 is 0 Å². The summed E-state index contributed by atoms with van der Waals surface area (Å²) in [6, 6.07) is 6.57. The number of ether oxygens (including phenoxy) is 1. The molecule has 15 nitrogen and oxygen atoms in total. The smallest absolute Gasteiger partial charge is 0.264 e. The zero-order valence-electron chi connectivity index (χ0n) is 36.9. The molecule has 10 rings (SSSR count). The van der Waals surface area contributed by atoms with Crippen molar-refractivity contribution in [3.63, 3.8) is 0 Å². The van der Waals surface area contributed by atoms with Gasteiger partial charge in [0, 0.05) is 121 Å². The van der Waals surface area contributed by atoms with E-state index in [4.69, 9.17) is 4.74 Å². The number of halogens is 2. The molecule has 5 amide bonds. The summed E-state index contributed by atoms with van der Waals surface area (Å²) in [5.41, 5.74) is 6.15. The number of amides is 5. The number of rotatable bonds is 7. The molecule has 65 heavy (non-hydrogen) atoms. The Balaban J connectivity index is 0.788. The lowest BCUT2D eigenvalue weighted by molar-refractivity contribution is -0.139. The fraction of sp³-hybridized carbons (Fsp3) is 0.521. The highest BCUT2D eigenvalue weighted by atomic mass is 19.3. The highest BCUT2D eigenvalue weighted by molar-refractivity contribution is 6.10. The van der Waals surface area contributed by atoms with Crippen LogP contribution in [0.5, 0.6) is 5.75 Å². The van der Waals surface area contributed by atoms with Gasteiger partial charge in [0.1, 0.15) is 17.6 Å². The molecule has 342 valence electrons. The number of benzene rings is 2. The molecule has 7 heterocycles. The van der Waals surface area contributed by atoms with E-state index >= 15 is 0 Å². The number of hydrogen-bond donors (Lipinski definition) is 3. The van der Waals surface area contributed by atoms with Crippen molar-refractivity contribution in [3.05, 3.63) is 75.7 Å². The van der Waals surface area contributed by atoms with Crippen molar-refractivity contribution < 1.29 is 37.5 Å². The number of carbonyl (C=O) groups is 5. The van der Waals surface area contributed by atoms with Crippen molar-refractivity contribution in [1.82, 2.24) is 35.1 Å². The molecule has 1 spiro atoms. The van der Waals surface area contributed by atoms with Crippen LogP contribution in [-0.2, 0) is 44.6 Å². The second-order valence-corrected chi connectivity index (χ2v) is 19.0. The molecule has 1 saturated carbocycles. The molecule has 0 radical (unpaired) electrons. The molecule has 0 bridgehead atoms. The number of nitrogens with one attached hydrogen (secondary N) is 3. The van der Waals surface area contributed by atoms with Crippen LogP contribution in [-0.4, -0.2) is 111 Å². The highest BCUT2D eigenvalue weighted by Crippen LogP contribution is 2.50. The summed E-state index contributed by atoms with van der Waals surface area (Å²) < 4.78 is 37.2. The number of aromatic nitrogens is 2. The first kappa shape index (κ1) is 42.8. The van der Waals surface area contributed by atoms with Crippen LogP contribution in [0.15, 0.2) is 47.9 Å². The maximum Gasteiger partial charge on any atom is 0.264 e. The van der Waals surface area contributed by atoms with Gasteiger partial charge in [0.2, 0.25) is 23.6 Å². The van der Waals surface area contributed by atoms with E-state index in [0.29, 0.717) is 85.7 Å². The lowest BCUT2D eigenvalue weighted by atomic mass is 9.73. The number of anilines is 1. The standard InChI is InChI=1S/C48H55F2N9O6/c1-27(60)57-17-13-38(36(24-57)44(51)58-16-3-4-29-20-33(30-22-52-55(2)23-30)34(43(49)50)21-40(29)58)53-31-7-5-28(6-8-31)46(63)56-18-14-48(15-19-56)26-65-42-35-25-59(39-11-12-41(61)54-45(39)62)47(64)32(35)9-10-37(42)48/h9-10,20-23,28,31,39,43,51,53H,3-8,11-19,24-26H2,1-2H3,(H,54,61,62). The lowest BCUT2D eigenvalue weighted by Crippen LogP contribution is -2.52. The number of amidine groups is 1. The first-order chi connectivity index (χ1) is 31.3. The maximum absolute atomic E-state index is 14.6. The SMILES string of the molecule is CC(=O)N1CCC(NC2CCC(C(=O)N3CCC4(CC3)COc3c4ccc4c3CN(C3CCC(=O)NC3=O)C4=O)CC2)=C(C(=N)N2CCCc3cc(-c4cnn(C)c4)c(C(F)F)cc32)C1.